The predicted octanol–water partition coefficient (Wildman–Crippen LogP) is 7.94. The molecule has 0 atom stereocenters. The predicted molar refractivity (Wildman–Crippen MR) is 150 cm³/mol. The van der Waals surface area contributed by atoms with Crippen LogP contribution < -0.4 is 4.74 Å². The van der Waals surface area contributed by atoms with E-state index in [2.05, 4.69) is 17.1 Å². The number of carbonyl (C=O) groups excluding carboxylic acids is 1. The summed E-state index contributed by atoms with van der Waals surface area (Å²) in [6, 6.07) is 31.1. The maximum Gasteiger partial charge on any atom is 0.255 e. The van der Waals surface area contributed by atoms with Gasteiger partial charge in [0.05, 0.1) is 10.6 Å². The molecule has 1 aromatic heterocycles. The number of halogens is 2. The first-order valence-corrected chi connectivity index (χ1v) is 12.9. The lowest BCUT2D eigenvalue weighted by Crippen LogP contribution is -2.32. The normalized spacial score (nSPS) is 11.0. The van der Waals surface area contributed by atoms with Crippen molar-refractivity contribution in [1.29, 1.82) is 0 Å². The topological polar surface area (TPSA) is 45.3 Å². The first kappa shape index (κ1) is 24.9. The second kappa shape index (κ2) is 11.5. The largest absolute Gasteiger partial charge is 0.489 e. The number of benzene rings is 4. The Morgan fingerprint density at radius 1 is 0.838 bits per heavy atom. The minimum atomic E-state index is -0.133. The van der Waals surface area contributed by atoms with E-state index in [-0.39, 0.29) is 5.91 Å². The first-order valence-electron chi connectivity index (χ1n) is 12.1. The molecular formula is C31H26Cl2N2O2. The van der Waals surface area contributed by atoms with Gasteiger partial charge in [-0.15, -0.1) is 0 Å². The molecule has 0 aliphatic carbocycles. The van der Waals surface area contributed by atoms with Gasteiger partial charge in [0.1, 0.15) is 12.4 Å². The molecule has 0 aliphatic heterocycles. The highest BCUT2D eigenvalue weighted by atomic mass is 35.5. The quantitative estimate of drug-likeness (QED) is 0.211. The van der Waals surface area contributed by atoms with Crippen LogP contribution in [0.4, 0.5) is 0 Å². The molecule has 5 rings (SSSR count). The van der Waals surface area contributed by atoms with E-state index >= 15 is 0 Å². The van der Waals surface area contributed by atoms with E-state index in [0.717, 1.165) is 22.4 Å². The number of aromatic nitrogens is 1. The second-order valence-corrected chi connectivity index (χ2v) is 9.72. The van der Waals surface area contributed by atoms with E-state index in [0.29, 0.717) is 41.7 Å². The average molecular weight is 529 g/mol. The Hall–Kier alpha value is -3.73. The van der Waals surface area contributed by atoms with Gasteiger partial charge in [0.2, 0.25) is 0 Å². The Kier molecular flexibility index (Phi) is 7.79. The Balaban J connectivity index is 1.33. The molecule has 0 aliphatic rings. The second-order valence-electron chi connectivity index (χ2n) is 8.88. The van der Waals surface area contributed by atoms with E-state index in [1.54, 1.807) is 18.2 Å². The highest BCUT2D eigenvalue weighted by Gasteiger charge is 2.20. The molecule has 1 amide bonds. The lowest BCUT2D eigenvalue weighted by atomic mass is 10.1. The van der Waals surface area contributed by atoms with Crippen molar-refractivity contribution < 1.29 is 9.53 Å². The standard InChI is InChI=1S/C31H26Cl2N2O2/c32-25-12-15-28(29(33)18-25)31(36)35(17-16-24-19-34-30-9-5-4-8-27(24)30)20-22-10-13-26(14-11-22)37-21-23-6-2-1-3-7-23/h1-15,18-19,34H,16-17,20-21H2. The summed E-state index contributed by atoms with van der Waals surface area (Å²) >= 11 is 12.5. The number of carbonyl (C=O) groups is 1. The van der Waals surface area contributed by atoms with Gasteiger partial charge in [-0.1, -0.05) is 83.9 Å². The highest BCUT2D eigenvalue weighted by molar-refractivity contribution is 6.36. The number of nitrogens with one attached hydrogen (secondary N) is 1. The van der Waals surface area contributed by atoms with Crippen LogP contribution >= 0.6 is 23.2 Å². The van der Waals surface area contributed by atoms with E-state index in [1.807, 2.05) is 77.8 Å². The molecule has 4 nitrogen and oxygen atoms in total. The van der Waals surface area contributed by atoms with Crippen LogP contribution in [0.15, 0.2) is 103 Å². The van der Waals surface area contributed by atoms with Gasteiger partial charge in [-0.2, -0.15) is 0 Å². The summed E-state index contributed by atoms with van der Waals surface area (Å²) in [5.74, 6) is 0.649. The summed E-state index contributed by atoms with van der Waals surface area (Å²) in [5.41, 5.74) is 4.81. The number of fused-ring (bicyclic) bond motifs is 1. The number of aromatic amines is 1. The Morgan fingerprint density at radius 2 is 1.59 bits per heavy atom. The fraction of sp³-hybridized carbons (Fsp3) is 0.129. The smallest absolute Gasteiger partial charge is 0.255 e. The van der Waals surface area contributed by atoms with Gasteiger partial charge in [0, 0.05) is 35.2 Å². The number of amides is 1. The Morgan fingerprint density at radius 3 is 2.38 bits per heavy atom. The highest BCUT2D eigenvalue weighted by Crippen LogP contribution is 2.25. The van der Waals surface area contributed by atoms with Crippen LogP contribution in [0, 0.1) is 0 Å². The third-order valence-corrected chi connectivity index (χ3v) is 6.87. The lowest BCUT2D eigenvalue weighted by molar-refractivity contribution is 0.0745. The molecule has 1 N–H and O–H groups in total. The third kappa shape index (κ3) is 6.16. The van der Waals surface area contributed by atoms with Gasteiger partial charge < -0.3 is 14.6 Å². The van der Waals surface area contributed by atoms with Crippen molar-refractivity contribution in [3.05, 3.63) is 136 Å². The molecule has 0 fully saturated rings. The minimum Gasteiger partial charge on any atom is -0.489 e. The molecule has 4 aromatic carbocycles. The van der Waals surface area contributed by atoms with E-state index in [9.17, 15) is 4.79 Å². The minimum absolute atomic E-state index is 0.133. The number of ether oxygens (including phenoxy) is 1. The zero-order valence-corrected chi connectivity index (χ0v) is 21.7. The fourth-order valence-electron chi connectivity index (χ4n) is 4.33. The maximum atomic E-state index is 13.6. The van der Waals surface area contributed by atoms with Crippen molar-refractivity contribution in [2.75, 3.05) is 6.54 Å². The number of H-pyrrole nitrogens is 1. The molecule has 6 heteroatoms. The van der Waals surface area contributed by atoms with Crippen molar-refractivity contribution in [1.82, 2.24) is 9.88 Å². The summed E-state index contributed by atoms with van der Waals surface area (Å²) in [4.78, 5) is 18.7. The zero-order valence-electron chi connectivity index (χ0n) is 20.2. The maximum absolute atomic E-state index is 13.6. The van der Waals surface area contributed by atoms with Crippen LogP contribution in [0.3, 0.4) is 0 Å². The van der Waals surface area contributed by atoms with Crippen molar-refractivity contribution in [3.8, 4) is 5.75 Å². The van der Waals surface area contributed by atoms with Gasteiger partial charge in [-0.05, 0) is 59.5 Å². The molecule has 0 saturated heterocycles. The van der Waals surface area contributed by atoms with Crippen molar-refractivity contribution in [2.24, 2.45) is 0 Å². The summed E-state index contributed by atoms with van der Waals surface area (Å²) in [5, 5.41) is 2.01. The summed E-state index contributed by atoms with van der Waals surface area (Å²) < 4.78 is 5.92. The number of rotatable bonds is 9. The number of hydrogen-bond acceptors (Lipinski definition) is 2. The van der Waals surface area contributed by atoms with Crippen LogP contribution in [0.2, 0.25) is 10.0 Å². The van der Waals surface area contributed by atoms with Gasteiger partial charge in [-0.25, -0.2) is 0 Å². The monoisotopic (exact) mass is 528 g/mol. The van der Waals surface area contributed by atoms with Crippen molar-refractivity contribution in [2.45, 2.75) is 19.6 Å². The molecular weight excluding hydrogens is 503 g/mol. The SMILES string of the molecule is O=C(c1ccc(Cl)cc1Cl)N(CCc1c[nH]c2ccccc12)Cc1ccc(OCc2ccccc2)cc1. The Bertz CT molecular complexity index is 1500. The van der Waals surface area contributed by atoms with Crippen LogP contribution in [0.1, 0.15) is 27.0 Å². The molecule has 1 heterocycles. The molecule has 0 radical (unpaired) electrons. The third-order valence-electron chi connectivity index (χ3n) is 6.32. The molecule has 37 heavy (non-hydrogen) atoms. The van der Waals surface area contributed by atoms with Gasteiger partial charge in [0.25, 0.3) is 5.91 Å². The van der Waals surface area contributed by atoms with Crippen LogP contribution in [-0.2, 0) is 19.6 Å². The van der Waals surface area contributed by atoms with Crippen LogP contribution in [0.25, 0.3) is 10.9 Å². The fourth-order valence-corrected chi connectivity index (χ4v) is 4.82. The molecule has 5 aromatic rings. The first-order chi connectivity index (χ1) is 18.1. The molecule has 186 valence electrons. The number of nitrogens with zero attached hydrogens (tertiary/aromatic N) is 1. The van der Waals surface area contributed by atoms with Gasteiger partial charge >= 0.3 is 0 Å². The van der Waals surface area contributed by atoms with Gasteiger partial charge in [0.15, 0.2) is 0 Å². The zero-order chi connectivity index (χ0) is 25.6. The van der Waals surface area contributed by atoms with Gasteiger partial charge in [-0.3, -0.25) is 4.79 Å². The number of hydrogen-bond donors (Lipinski definition) is 1. The van der Waals surface area contributed by atoms with Crippen LogP contribution in [-0.4, -0.2) is 22.3 Å². The Labute approximate surface area is 226 Å². The molecule has 0 bridgehead atoms. The molecule has 0 saturated carbocycles. The summed E-state index contributed by atoms with van der Waals surface area (Å²) in [6.45, 7) is 1.48. The van der Waals surface area contributed by atoms with Crippen LogP contribution in [0.5, 0.6) is 5.75 Å². The van der Waals surface area contributed by atoms with Crippen molar-refractivity contribution in [3.63, 3.8) is 0 Å². The molecule has 0 unspecified atom stereocenters. The summed E-state index contributed by atoms with van der Waals surface area (Å²) in [7, 11) is 0. The molecule has 0 spiro atoms. The summed E-state index contributed by atoms with van der Waals surface area (Å²) in [6.07, 6.45) is 2.72. The number of para-hydroxylation sites is 1. The van der Waals surface area contributed by atoms with Crippen molar-refractivity contribution >= 4 is 40.0 Å². The average Bonchev–Trinajstić information content (AvgIpc) is 3.34. The van der Waals surface area contributed by atoms with E-state index in [4.69, 9.17) is 27.9 Å². The lowest BCUT2D eigenvalue weighted by Gasteiger charge is -2.24. The van der Waals surface area contributed by atoms with E-state index < -0.39 is 0 Å². The van der Waals surface area contributed by atoms with E-state index in [1.165, 1.54) is 10.9 Å².